The summed E-state index contributed by atoms with van der Waals surface area (Å²) in [6.45, 7) is 0.825. The van der Waals surface area contributed by atoms with E-state index in [1.165, 1.54) is 44.9 Å². The molecule has 0 amide bonds. The Labute approximate surface area is 165 Å². The predicted molar refractivity (Wildman–Crippen MR) is 110 cm³/mol. The van der Waals surface area contributed by atoms with Crippen molar-refractivity contribution in [3.63, 3.8) is 0 Å². The molecule has 1 rings (SSSR count). The molecule has 1 atom stereocenters. The van der Waals surface area contributed by atoms with Crippen LogP contribution < -0.4 is 0 Å². The minimum atomic E-state index is -1.45. The van der Waals surface area contributed by atoms with Gasteiger partial charge in [0.15, 0.2) is 0 Å². The third-order valence-corrected chi connectivity index (χ3v) is 5.93. The summed E-state index contributed by atoms with van der Waals surface area (Å²) >= 11 is 0. The molecule has 0 radical (unpaired) electrons. The van der Waals surface area contributed by atoms with Gasteiger partial charge >= 0.3 is 0 Å². The van der Waals surface area contributed by atoms with Crippen molar-refractivity contribution in [1.82, 2.24) is 0 Å². The van der Waals surface area contributed by atoms with Crippen LogP contribution in [0.25, 0.3) is 0 Å². The second-order valence-corrected chi connectivity index (χ2v) is 7.91. The molecule has 0 saturated heterocycles. The van der Waals surface area contributed by atoms with Gasteiger partial charge in [-0.2, -0.15) is 0 Å². The van der Waals surface area contributed by atoms with Crippen molar-refractivity contribution in [3.05, 3.63) is 35.9 Å². The molecule has 4 N–H and O–H groups in total. The molecule has 1 aromatic rings. The zero-order valence-corrected chi connectivity index (χ0v) is 17.1. The van der Waals surface area contributed by atoms with Gasteiger partial charge in [-0.1, -0.05) is 101 Å². The van der Waals surface area contributed by atoms with Gasteiger partial charge < -0.3 is 20.4 Å². The van der Waals surface area contributed by atoms with E-state index in [0.717, 1.165) is 19.3 Å². The number of aliphatic hydroxyl groups is 4. The molecule has 156 valence electrons. The maximum atomic E-state index is 11.4. The molecule has 0 spiro atoms. The Hall–Kier alpha value is -0.940. The van der Waals surface area contributed by atoms with Gasteiger partial charge in [-0.15, -0.1) is 0 Å². The molecule has 4 nitrogen and oxygen atoms in total. The van der Waals surface area contributed by atoms with E-state index >= 15 is 0 Å². The van der Waals surface area contributed by atoms with Crippen LogP contribution in [0.3, 0.4) is 0 Å². The van der Waals surface area contributed by atoms with E-state index in [1.807, 2.05) is 18.2 Å². The Balaban J connectivity index is 2.55. The first-order valence-corrected chi connectivity index (χ1v) is 10.7. The van der Waals surface area contributed by atoms with Crippen LogP contribution in [0, 0.1) is 5.41 Å². The van der Waals surface area contributed by atoms with Crippen molar-refractivity contribution in [3.8, 4) is 0 Å². The second-order valence-electron chi connectivity index (χ2n) is 7.91. The fourth-order valence-corrected chi connectivity index (χ4v) is 3.84. The lowest BCUT2D eigenvalue weighted by Crippen LogP contribution is -2.53. The van der Waals surface area contributed by atoms with Crippen LogP contribution in [-0.4, -0.2) is 40.2 Å². The molecule has 0 aliphatic rings. The second kappa shape index (κ2) is 13.3. The van der Waals surface area contributed by atoms with Crippen LogP contribution in [0.2, 0.25) is 0 Å². The Morgan fingerprint density at radius 3 is 1.56 bits per heavy atom. The van der Waals surface area contributed by atoms with Gasteiger partial charge in [0.1, 0.15) is 5.60 Å². The lowest BCUT2D eigenvalue weighted by molar-refractivity contribution is -0.164. The minimum absolute atomic E-state index is 0.412. The minimum Gasteiger partial charge on any atom is -0.395 e. The summed E-state index contributed by atoms with van der Waals surface area (Å²) in [6, 6.07) is 9.12. The lowest BCUT2D eigenvalue weighted by atomic mass is 9.67. The van der Waals surface area contributed by atoms with E-state index in [1.54, 1.807) is 12.1 Å². The number of aliphatic hydroxyl groups excluding tert-OH is 3. The molecule has 0 fully saturated rings. The number of unbranched alkanes of at least 4 members (excludes halogenated alkanes) is 9. The first-order chi connectivity index (χ1) is 13.1. The van der Waals surface area contributed by atoms with Crippen LogP contribution in [-0.2, 0) is 5.60 Å². The van der Waals surface area contributed by atoms with E-state index < -0.39 is 30.8 Å². The molecule has 27 heavy (non-hydrogen) atoms. The van der Waals surface area contributed by atoms with Crippen LogP contribution in [0.1, 0.15) is 83.1 Å². The summed E-state index contributed by atoms with van der Waals surface area (Å²) in [6.07, 6.45) is 12.4. The lowest BCUT2D eigenvalue weighted by Gasteiger charge is -2.45. The summed E-state index contributed by atoms with van der Waals surface area (Å²) in [5.74, 6) is 0. The van der Waals surface area contributed by atoms with Crippen LogP contribution >= 0.6 is 0 Å². The summed E-state index contributed by atoms with van der Waals surface area (Å²) in [7, 11) is 0. The SMILES string of the molecule is CCCCCCCCCCCCC(O)(c1ccccc1)C(CO)(CO)CO. The monoisotopic (exact) mass is 380 g/mol. The summed E-state index contributed by atoms with van der Waals surface area (Å²) in [4.78, 5) is 0. The quantitative estimate of drug-likeness (QED) is 0.325. The van der Waals surface area contributed by atoms with Crippen molar-refractivity contribution in [2.75, 3.05) is 19.8 Å². The van der Waals surface area contributed by atoms with E-state index in [9.17, 15) is 20.4 Å². The smallest absolute Gasteiger partial charge is 0.102 e. The molecular weight excluding hydrogens is 340 g/mol. The van der Waals surface area contributed by atoms with E-state index in [0.29, 0.717) is 12.0 Å². The highest BCUT2D eigenvalue weighted by atomic mass is 16.3. The number of benzene rings is 1. The molecular formula is C23H40O4. The normalized spacial score (nSPS) is 14.3. The third-order valence-electron chi connectivity index (χ3n) is 5.93. The van der Waals surface area contributed by atoms with Crippen molar-refractivity contribution in [2.45, 2.75) is 83.2 Å². The zero-order chi connectivity index (χ0) is 20.0. The number of hydrogen-bond donors (Lipinski definition) is 4. The molecule has 1 aromatic carbocycles. The first kappa shape index (κ1) is 24.1. The highest BCUT2D eigenvalue weighted by Crippen LogP contribution is 2.43. The van der Waals surface area contributed by atoms with Gasteiger partial charge in [0.25, 0.3) is 0 Å². The average molecular weight is 381 g/mol. The molecule has 0 bridgehead atoms. The van der Waals surface area contributed by atoms with Gasteiger partial charge in [-0.25, -0.2) is 0 Å². The Bertz CT molecular complexity index is 464. The van der Waals surface area contributed by atoms with Crippen LogP contribution in [0.15, 0.2) is 30.3 Å². The standard InChI is InChI=1S/C23H40O4/c1-2-3-4-5-6-7-8-9-10-14-17-23(27,21-15-12-11-13-16-21)22(18-24,19-25)20-26/h11-13,15-16,24-27H,2-10,14,17-20H2,1H3. The Morgan fingerprint density at radius 1 is 0.667 bits per heavy atom. The van der Waals surface area contributed by atoms with Crippen molar-refractivity contribution in [1.29, 1.82) is 0 Å². The first-order valence-electron chi connectivity index (χ1n) is 10.7. The van der Waals surface area contributed by atoms with Crippen LogP contribution in [0.4, 0.5) is 0 Å². The number of rotatable bonds is 16. The van der Waals surface area contributed by atoms with E-state index in [2.05, 4.69) is 6.92 Å². The van der Waals surface area contributed by atoms with Gasteiger partial charge in [-0.3, -0.25) is 0 Å². The van der Waals surface area contributed by atoms with Crippen molar-refractivity contribution < 1.29 is 20.4 Å². The van der Waals surface area contributed by atoms with Gasteiger partial charge in [0.2, 0.25) is 0 Å². The summed E-state index contributed by atoms with van der Waals surface area (Å²) in [5, 5.41) is 41.0. The van der Waals surface area contributed by atoms with Gasteiger partial charge in [0.05, 0.1) is 25.2 Å². The zero-order valence-electron chi connectivity index (χ0n) is 17.1. The third kappa shape index (κ3) is 6.86. The Kier molecular flexibility index (Phi) is 11.8. The number of hydrogen-bond acceptors (Lipinski definition) is 4. The highest BCUT2D eigenvalue weighted by Gasteiger charge is 2.50. The average Bonchev–Trinajstić information content (AvgIpc) is 2.71. The summed E-state index contributed by atoms with van der Waals surface area (Å²) < 4.78 is 0. The molecule has 0 aliphatic heterocycles. The van der Waals surface area contributed by atoms with Gasteiger partial charge in [-0.05, 0) is 12.0 Å². The fourth-order valence-electron chi connectivity index (χ4n) is 3.84. The summed E-state index contributed by atoms with van der Waals surface area (Å²) in [5.41, 5.74) is -2.17. The molecule has 0 heterocycles. The highest BCUT2D eigenvalue weighted by molar-refractivity contribution is 5.26. The van der Waals surface area contributed by atoms with Gasteiger partial charge in [0, 0.05) is 0 Å². The van der Waals surface area contributed by atoms with E-state index in [-0.39, 0.29) is 0 Å². The Morgan fingerprint density at radius 2 is 1.11 bits per heavy atom. The molecule has 1 unspecified atom stereocenters. The van der Waals surface area contributed by atoms with Crippen molar-refractivity contribution in [2.24, 2.45) is 5.41 Å². The predicted octanol–water partition coefficient (Wildman–Crippen LogP) is 4.15. The largest absolute Gasteiger partial charge is 0.395 e. The van der Waals surface area contributed by atoms with Crippen molar-refractivity contribution >= 4 is 0 Å². The molecule has 0 aliphatic carbocycles. The topological polar surface area (TPSA) is 80.9 Å². The maximum absolute atomic E-state index is 11.4. The maximum Gasteiger partial charge on any atom is 0.102 e. The van der Waals surface area contributed by atoms with Crippen LogP contribution in [0.5, 0.6) is 0 Å². The fraction of sp³-hybridized carbons (Fsp3) is 0.739. The van der Waals surface area contributed by atoms with E-state index in [4.69, 9.17) is 0 Å². The molecule has 0 saturated carbocycles. The molecule has 0 aromatic heterocycles. The molecule has 4 heteroatoms.